The van der Waals surface area contributed by atoms with Crippen LogP contribution in [0.1, 0.15) is 0 Å². The number of nitrogens with one attached hydrogen (secondary N) is 2. The van der Waals surface area contributed by atoms with Crippen LogP contribution < -0.4 is 0 Å². The van der Waals surface area contributed by atoms with Gasteiger partial charge in [0.1, 0.15) is 22.6 Å². The SMILES string of the molecule is [Fe].[Fe].[Fe].c1ccc2c(c1)-c1nc-2nc2[nH]c(nc3nc(nc4[nH]c(n1)c1ccccc41)-c1ccccc1-3)c1ccccc21. The number of nitrogens with zero attached hydrogens (tertiary/aromatic N) is 6. The van der Waals surface area contributed by atoms with E-state index in [0.29, 0.717) is 45.9 Å². The third-order valence-corrected chi connectivity index (χ3v) is 7.46. The molecule has 0 atom stereocenters. The Hall–Kier alpha value is -4.20. The van der Waals surface area contributed by atoms with Crippen molar-refractivity contribution >= 4 is 44.1 Å². The van der Waals surface area contributed by atoms with Gasteiger partial charge in [-0.25, -0.2) is 29.9 Å². The summed E-state index contributed by atoms with van der Waals surface area (Å²) >= 11 is 0. The number of aromatic nitrogens is 8. The molecule has 2 aliphatic heterocycles. The molecule has 0 fully saturated rings. The first-order valence-corrected chi connectivity index (χ1v) is 13.0. The zero-order valence-corrected chi connectivity index (χ0v) is 25.3. The summed E-state index contributed by atoms with van der Waals surface area (Å²) in [5.74, 6) is 2.39. The second kappa shape index (κ2) is 11.1. The van der Waals surface area contributed by atoms with E-state index in [2.05, 4.69) is 9.97 Å². The molecule has 0 aliphatic carbocycles. The quantitative estimate of drug-likeness (QED) is 0.169. The number of aromatic amines is 2. The molecule has 0 radical (unpaired) electrons. The van der Waals surface area contributed by atoms with Gasteiger partial charge < -0.3 is 9.97 Å². The van der Waals surface area contributed by atoms with Gasteiger partial charge in [-0.15, -0.1) is 0 Å². The Balaban J connectivity index is 0.00000110. The second-order valence-electron chi connectivity index (χ2n) is 9.79. The van der Waals surface area contributed by atoms with Gasteiger partial charge in [0.05, 0.1) is 0 Å². The summed E-state index contributed by atoms with van der Waals surface area (Å²) in [5.41, 5.74) is 6.45. The molecule has 3 aromatic heterocycles. The van der Waals surface area contributed by atoms with Gasteiger partial charge in [0, 0.05) is 95.0 Å². The first-order valence-electron chi connectivity index (χ1n) is 13.0. The largest absolute Gasteiger partial charge is 0.324 e. The van der Waals surface area contributed by atoms with Gasteiger partial charge in [-0.2, -0.15) is 0 Å². The fourth-order valence-corrected chi connectivity index (χ4v) is 5.59. The smallest absolute Gasteiger partial charge is 0.164 e. The zero-order valence-electron chi connectivity index (χ0n) is 22.0. The molecule has 2 aliphatic rings. The van der Waals surface area contributed by atoms with Crippen LogP contribution in [0.2, 0.25) is 0 Å². The number of rotatable bonds is 0. The predicted molar refractivity (Wildman–Crippen MR) is 156 cm³/mol. The number of benzene rings is 4. The first-order chi connectivity index (χ1) is 19.8. The Kier molecular flexibility index (Phi) is 7.48. The second-order valence-corrected chi connectivity index (χ2v) is 9.79. The van der Waals surface area contributed by atoms with Gasteiger partial charge in [0.2, 0.25) is 0 Å². The Bertz CT molecular complexity index is 2040. The molecule has 0 saturated carbocycles. The molecule has 2 N–H and O–H groups in total. The molecule has 0 unspecified atom stereocenters. The monoisotopic (exact) mass is 682 g/mol. The van der Waals surface area contributed by atoms with E-state index in [1.54, 1.807) is 0 Å². The van der Waals surface area contributed by atoms with Crippen LogP contribution >= 0.6 is 0 Å². The third kappa shape index (κ3) is 4.50. The molecule has 0 amide bonds. The Morgan fingerprint density at radius 1 is 0.302 bits per heavy atom. The molecule has 8 bridgehead atoms. The Morgan fingerprint density at radius 2 is 0.535 bits per heavy atom. The van der Waals surface area contributed by atoms with Crippen molar-refractivity contribution in [1.82, 2.24) is 39.9 Å². The van der Waals surface area contributed by atoms with Crippen molar-refractivity contribution in [2.24, 2.45) is 0 Å². The van der Waals surface area contributed by atoms with E-state index in [1.807, 2.05) is 97.1 Å². The van der Waals surface area contributed by atoms with E-state index in [9.17, 15) is 0 Å². The fraction of sp³-hybridized carbons (Fsp3) is 0. The minimum absolute atomic E-state index is 0. The predicted octanol–water partition coefficient (Wildman–Crippen LogP) is 6.86. The summed E-state index contributed by atoms with van der Waals surface area (Å²) in [4.78, 5) is 36.8. The van der Waals surface area contributed by atoms with Gasteiger partial charge in [0.15, 0.2) is 23.3 Å². The van der Waals surface area contributed by atoms with Crippen LogP contribution in [0.15, 0.2) is 97.1 Å². The molecule has 11 heteroatoms. The van der Waals surface area contributed by atoms with Crippen molar-refractivity contribution in [3.05, 3.63) is 97.1 Å². The van der Waals surface area contributed by atoms with Gasteiger partial charge in [-0.1, -0.05) is 97.1 Å². The molecule has 9 rings (SSSR count). The average molecular weight is 682 g/mol. The maximum Gasteiger partial charge on any atom is 0.164 e. The molecule has 210 valence electrons. The summed E-state index contributed by atoms with van der Waals surface area (Å²) in [6.07, 6.45) is 0. The minimum atomic E-state index is 0. The van der Waals surface area contributed by atoms with E-state index in [0.717, 1.165) is 43.8 Å². The Morgan fingerprint density at radius 3 is 0.791 bits per heavy atom. The maximum atomic E-state index is 5.02. The first kappa shape index (κ1) is 28.9. The van der Waals surface area contributed by atoms with E-state index < -0.39 is 0 Å². The van der Waals surface area contributed by atoms with Crippen molar-refractivity contribution < 1.29 is 51.2 Å². The van der Waals surface area contributed by atoms with Crippen LogP contribution in [0, 0.1) is 0 Å². The summed E-state index contributed by atoms with van der Waals surface area (Å²) < 4.78 is 0. The van der Waals surface area contributed by atoms with Crippen LogP contribution in [0.3, 0.4) is 0 Å². The normalized spacial score (nSPS) is 11.2. The zero-order chi connectivity index (χ0) is 26.2. The van der Waals surface area contributed by atoms with Gasteiger partial charge >= 0.3 is 0 Å². The van der Waals surface area contributed by atoms with Gasteiger partial charge in [0.25, 0.3) is 0 Å². The molecule has 7 aromatic rings. The minimum Gasteiger partial charge on any atom is -0.324 e. The third-order valence-electron chi connectivity index (χ3n) is 7.46. The fourth-order valence-electron chi connectivity index (χ4n) is 5.59. The van der Waals surface area contributed by atoms with Crippen LogP contribution in [0.4, 0.5) is 0 Å². The maximum absolute atomic E-state index is 5.02. The van der Waals surface area contributed by atoms with E-state index >= 15 is 0 Å². The summed E-state index contributed by atoms with van der Waals surface area (Å²) in [6, 6.07) is 32.2. The van der Waals surface area contributed by atoms with Crippen molar-refractivity contribution in [1.29, 1.82) is 0 Å². The van der Waals surface area contributed by atoms with Crippen LogP contribution in [0.5, 0.6) is 0 Å². The molecule has 8 nitrogen and oxygen atoms in total. The van der Waals surface area contributed by atoms with E-state index in [-0.39, 0.29) is 51.2 Å². The number of hydrogen-bond donors (Lipinski definition) is 2. The van der Waals surface area contributed by atoms with Gasteiger partial charge in [-0.3, -0.25) is 0 Å². The molecule has 43 heavy (non-hydrogen) atoms. The van der Waals surface area contributed by atoms with Crippen LogP contribution in [-0.4, -0.2) is 39.9 Å². The van der Waals surface area contributed by atoms with Crippen molar-refractivity contribution in [3.8, 4) is 45.6 Å². The van der Waals surface area contributed by atoms with E-state index in [4.69, 9.17) is 29.9 Å². The van der Waals surface area contributed by atoms with Crippen molar-refractivity contribution in [2.45, 2.75) is 0 Å². The molecule has 4 aromatic carbocycles. The summed E-state index contributed by atoms with van der Waals surface area (Å²) in [7, 11) is 0. The van der Waals surface area contributed by atoms with Crippen LogP contribution in [-0.2, 0) is 51.2 Å². The standard InChI is InChI=1S/C32H18N8.3Fe/c1-2-10-18-17(9-1)25-33-26(18)38-28-21-13-5-6-14-22(21)30(35-28)40-32-24-16-8-7-15-23(24)31(36-32)39-29-20-12-4-3-11-19(20)27(34-29)37-25;;;/h1-16H,(H2,33,34,35,36,37,38,39,40);;;. The molecular formula is C32H18Fe3N8. The number of fused-ring (bicyclic) bond motifs is 20. The van der Waals surface area contributed by atoms with Crippen LogP contribution in [0.25, 0.3) is 89.7 Å². The van der Waals surface area contributed by atoms with Crippen molar-refractivity contribution in [3.63, 3.8) is 0 Å². The molecule has 5 heterocycles. The molecule has 0 spiro atoms. The average Bonchev–Trinajstić information content (AvgIpc) is 3.73. The van der Waals surface area contributed by atoms with E-state index in [1.165, 1.54) is 0 Å². The van der Waals surface area contributed by atoms with Crippen molar-refractivity contribution in [2.75, 3.05) is 0 Å². The Labute approximate surface area is 276 Å². The summed E-state index contributed by atoms with van der Waals surface area (Å²) in [5, 5.41) is 3.82. The number of hydrogen-bond acceptors (Lipinski definition) is 6. The molecule has 0 saturated heterocycles. The topological polar surface area (TPSA) is 109 Å². The van der Waals surface area contributed by atoms with Gasteiger partial charge in [-0.05, 0) is 0 Å². The summed E-state index contributed by atoms with van der Waals surface area (Å²) in [6.45, 7) is 0. The number of H-pyrrole nitrogens is 2. The molecular weight excluding hydrogens is 664 g/mol.